The number of hydrogen-bond donors (Lipinski definition) is 1. The van der Waals surface area contributed by atoms with Crippen LogP contribution in [0.5, 0.6) is 0 Å². The monoisotopic (exact) mass is 503 g/mol. The van der Waals surface area contributed by atoms with Crippen molar-refractivity contribution < 1.29 is 23.8 Å². The molecule has 3 aromatic carbocycles. The van der Waals surface area contributed by atoms with E-state index in [9.17, 15) is 9.59 Å². The molecular formula is C31H37NO5. The highest BCUT2D eigenvalue weighted by molar-refractivity contribution is 5.90. The van der Waals surface area contributed by atoms with Gasteiger partial charge in [-0.05, 0) is 54.8 Å². The second-order valence-electron chi connectivity index (χ2n) is 10.2. The van der Waals surface area contributed by atoms with E-state index in [4.69, 9.17) is 14.2 Å². The van der Waals surface area contributed by atoms with Crippen molar-refractivity contribution in [2.24, 2.45) is 5.41 Å². The lowest BCUT2D eigenvalue weighted by molar-refractivity contribution is 0.0472. The zero-order valence-corrected chi connectivity index (χ0v) is 22.4. The topological polar surface area (TPSA) is 73.9 Å². The summed E-state index contributed by atoms with van der Waals surface area (Å²) < 4.78 is 16.1. The summed E-state index contributed by atoms with van der Waals surface area (Å²) in [7, 11) is 1.37. The lowest BCUT2D eigenvalue weighted by Gasteiger charge is -2.25. The van der Waals surface area contributed by atoms with Crippen LogP contribution >= 0.6 is 0 Å². The number of aryl methyl sites for hydroxylation is 2. The van der Waals surface area contributed by atoms with Gasteiger partial charge >= 0.3 is 11.9 Å². The smallest absolute Gasteiger partial charge is 0.338 e. The van der Waals surface area contributed by atoms with Crippen LogP contribution in [-0.2, 0) is 34.0 Å². The van der Waals surface area contributed by atoms with E-state index in [-0.39, 0.29) is 24.0 Å². The second-order valence-corrected chi connectivity index (χ2v) is 10.2. The predicted molar refractivity (Wildman–Crippen MR) is 144 cm³/mol. The van der Waals surface area contributed by atoms with Gasteiger partial charge in [0.1, 0.15) is 6.61 Å². The van der Waals surface area contributed by atoms with Crippen LogP contribution in [0.3, 0.4) is 0 Å². The van der Waals surface area contributed by atoms with E-state index in [0.717, 1.165) is 40.9 Å². The number of ether oxygens (including phenoxy) is 3. The number of carbonyl (C=O) groups is 2. The Bertz CT molecular complexity index is 1160. The van der Waals surface area contributed by atoms with Crippen LogP contribution in [0.25, 0.3) is 0 Å². The number of rotatable bonds is 12. The van der Waals surface area contributed by atoms with Crippen molar-refractivity contribution in [3.05, 3.63) is 106 Å². The third kappa shape index (κ3) is 9.16. The highest BCUT2D eigenvalue weighted by Gasteiger charge is 2.18. The minimum Gasteiger partial charge on any atom is -0.465 e. The van der Waals surface area contributed by atoms with Gasteiger partial charge in [0.25, 0.3) is 0 Å². The normalized spacial score (nSPS) is 11.3. The summed E-state index contributed by atoms with van der Waals surface area (Å²) >= 11 is 0. The molecule has 0 aromatic heterocycles. The molecule has 6 heteroatoms. The fraction of sp³-hybridized carbons (Fsp3) is 0.355. The van der Waals surface area contributed by atoms with Gasteiger partial charge in [-0.3, -0.25) is 0 Å². The van der Waals surface area contributed by atoms with Gasteiger partial charge in [0, 0.05) is 18.5 Å². The van der Waals surface area contributed by atoms with E-state index in [2.05, 4.69) is 31.3 Å². The molecule has 0 unspecified atom stereocenters. The molecular weight excluding hydrogens is 466 g/mol. The Kier molecular flexibility index (Phi) is 10.0. The molecule has 0 amide bonds. The number of hydrogen-bond acceptors (Lipinski definition) is 6. The van der Waals surface area contributed by atoms with Crippen LogP contribution in [0.2, 0.25) is 0 Å². The van der Waals surface area contributed by atoms with Crippen molar-refractivity contribution in [1.82, 2.24) is 5.32 Å². The van der Waals surface area contributed by atoms with Crippen LogP contribution in [0.15, 0.2) is 66.7 Å². The maximum atomic E-state index is 12.4. The second kappa shape index (κ2) is 13.2. The van der Waals surface area contributed by atoms with E-state index in [1.165, 1.54) is 7.11 Å². The first-order valence-electron chi connectivity index (χ1n) is 12.4. The molecule has 3 aromatic rings. The summed E-state index contributed by atoms with van der Waals surface area (Å²) in [5.41, 5.74) is 6.28. The Labute approximate surface area is 220 Å². The summed E-state index contributed by atoms with van der Waals surface area (Å²) in [4.78, 5) is 23.9. The molecule has 0 aliphatic carbocycles. The van der Waals surface area contributed by atoms with Crippen molar-refractivity contribution in [2.75, 3.05) is 20.3 Å². The van der Waals surface area contributed by atoms with E-state index >= 15 is 0 Å². The van der Waals surface area contributed by atoms with E-state index in [1.54, 1.807) is 12.1 Å². The molecule has 0 bridgehead atoms. The molecule has 0 aliphatic heterocycles. The first kappa shape index (κ1) is 28.1. The van der Waals surface area contributed by atoms with Crippen molar-refractivity contribution in [3.63, 3.8) is 0 Å². The minimum atomic E-state index is -0.342. The molecule has 0 saturated carbocycles. The summed E-state index contributed by atoms with van der Waals surface area (Å²) in [6.45, 7) is 11.1. The van der Waals surface area contributed by atoms with Gasteiger partial charge in [-0.2, -0.15) is 0 Å². The fourth-order valence-electron chi connectivity index (χ4n) is 3.97. The van der Waals surface area contributed by atoms with Crippen LogP contribution in [0.1, 0.15) is 62.4 Å². The molecule has 37 heavy (non-hydrogen) atoms. The largest absolute Gasteiger partial charge is 0.465 e. The van der Waals surface area contributed by atoms with Gasteiger partial charge in [0.2, 0.25) is 0 Å². The summed E-state index contributed by atoms with van der Waals surface area (Å²) in [6.07, 6.45) is 0. The van der Waals surface area contributed by atoms with Crippen LogP contribution < -0.4 is 5.32 Å². The number of benzene rings is 3. The number of methoxy groups -OCH3 is 1. The Morgan fingerprint density at radius 1 is 0.757 bits per heavy atom. The zero-order chi connectivity index (χ0) is 26.8. The third-order valence-electron chi connectivity index (χ3n) is 5.92. The Balaban J connectivity index is 1.37. The number of esters is 2. The highest BCUT2D eigenvalue weighted by atomic mass is 16.5. The first-order valence-corrected chi connectivity index (χ1v) is 12.4. The molecule has 0 fully saturated rings. The van der Waals surface area contributed by atoms with Crippen molar-refractivity contribution >= 4 is 11.9 Å². The molecule has 0 heterocycles. The van der Waals surface area contributed by atoms with Gasteiger partial charge in [-0.25, -0.2) is 9.59 Å². The van der Waals surface area contributed by atoms with Gasteiger partial charge in [0.15, 0.2) is 0 Å². The summed E-state index contributed by atoms with van der Waals surface area (Å²) in [5, 5.41) is 3.50. The van der Waals surface area contributed by atoms with Crippen molar-refractivity contribution in [2.45, 2.75) is 47.5 Å². The lowest BCUT2D eigenvalue weighted by Crippen LogP contribution is -2.33. The van der Waals surface area contributed by atoms with Crippen LogP contribution in [-0.4, -0.2) is 32.2 Å². The Morgan fingerprint density at radius 3 is 1.95 bits per heavy atom. The Hall–Kier alpha value is -3.48. The Morgan fingerprint density at radius 2 is 1.32 bits per heavy atom. The summed E-state index contributed by atoms with van der Waals surface area (Å²) in [5.74, 6) is -0.647. The summed E-state index contributed by atoms with van der Waals surface area (Å²) in [6, 6.07) is 21.1. The van der Waals surface area contributed by atoms with Crippen molar-refractivity contribution in [3.8, 4) is 0 Å². The van der Waals surface area contributed by atoms with Gasteiger partial charge in [0.05, 0.1) is 31.5 Å². The molecule has 0 atom stereocenters. The average molecular weight is 504 g/mol. The lowest BCUT2D eigenvalue weighted by atomic mass is 9.94. The molecule has 3 rings (SSSR count). The van der Waals surface area contributed by atoms with Crippen LogP contribution in [0, 0.1) is 19.3 Å². The minimum absolute atomic E-state index is 0.0474. The van der Waals surface area contributed by atoms with Gasteiger partial charge in [-0.15, -0.1) is 0 Å². The third-order valence-corrected chi connectivity index (χ3v) is 5.92. The maximum absolute atomic E-state index is 12.4. The van der Waals surface area contributed by atoms with Gasteiger partial charge in [-0.1, -0.05) is 67.4 Å². The molecule has 0 saturated heterocycles. The molecule has 0 spiro atoms. The van der Waals surface area contributed by atoms with Gasteiger partial charge < -0.3 is 19.5 Å². The average Bonchev–Trinajstić information content (AvgIpc) is 2.87. The molecule has 0 aliphatic rings. The predicted octanol–water partition coefficient (Wildman–Crippen LogP) is 5.78. The maximum Gasteiger partial charge on any atom is 0.338 e. The standard InChI is InChI=1S/C31H37NO5/c1-22-14-23(2)16-28(15-22)30(34)37-19-26-8-6-24(7-9-26)17-32-20-31(3,4)21-36-18-25-10-12-27(13-11-25)29(33)35-5/h6-16,32H,17-21H2,1-5H3. The molecule has 1 N–H and O–H groups in total. The van der Waals surface area contributed by atoms with Crippen LogP contribution in [0.4, 0.5) is 0 Å². The van der Waals surface area contributed by atoms with E-state index in [1.807, 2.05) is 56.3 Å². The number of carbonyl (C=O) groups excluding carboxylic acids is 2. The number of nitrogens with one attached hydrogen (secondary N) is 1. The van der Waals surface area contributed by atoms with E-state index < -0.39 is 0 Å². The quantitative estimate of drug-likeness (QED) is 0.316. The highest BCUT2D eigenvalue weighted by Crippen LogP contribution is 2.17. The molecule has 0 radical (unpaired) electrons. The zero-order valence-electron chi connectivity index (χ0n) is 22.4. The van der Waals surface area contributed by atoms with Crippen molar-refractivity contribution in [1.29, 1.82) is 0 Å². The molecule has 6 nitrogen and oxygen atoms in total. The van der Waals surface area contributed by atoms with E-state index in [0.29, 0.717) is 24.3 Å². The fourth-order valence-corrected chi connectivity index (χ4v) is 3.97. The first-order chi connectivity index (χ1) is 17.6. The SMILES string of the molecule is COC(=O)c1ccc(COCC(C)(C)CNCc2ccc(COC(=O)c3cc(C)cc(C)c3)cc2)cc1. The molecule has 196 valence electrons.